The van der Waals surface area contributed by atoms with E-state index >= 15 is 0 Å². The van der Waals surface area contributed by atoms with E-state index in [2.05, 4.69) is 32.4 Å². The van der Waals surface area contributed by atoms with E-state index in [9.17, 15) is 5.11 Å². The molecule has 3 heteroatoms. The van der Waals surface area contributed by atoms with Crippen LogP contribution in [0, 0.1) is 11.3 Å². The molecule has 78 valence electrons. The third kappa shape index (κ3) is 3.72. The minimum Gasteiger partial charge on any atom is -0.393 e. The molecule has 13 heavy (non-hydrogen) atoms. The molecule has 1 saturated carbocycles. The van der Waals surface area contributed by atoms with Gasteiger partial charge in [0.1, 0.15) is 0 Å². The Morgan fingerprint density at radius 2 is 2.00 bits per heavy atom. The van der Waals surface area contributed by atoms with Gasteiger partial charge in [0.05, 0.1) is 6.10 Å². The van der Waals surface area contributed by atoms with Crippen molar-refractivity contribution in [3.8, 4) is 0 Å². The van der Waals surface area contributed by atoms with Crippen molar-refractivity contribution in [3.63, 3.8) is 0 Å². The van der Waals surface area contributed by atoms with Crippen LogP contribution >= 0.6 is 22.5 Å². The highest BCUT2D eigenvalue weighted by Crippen LogP contribution is 2.41. The lowest BCUT2D eigenvalue weighted by atomic mass is 9.83. The summed E-state index contributed by atoms with van der Waals surface area (Å²) in [7, 11) is 1.60. The Labute approximate surface area is 90.5 Å². The summed E-state index contributed by atoms with van der Waals surface area (Å²) >= 11 is 4.21. The van der Waals surface area contributed by atoms with Crippen LogP contribution in [-0.4, -0.2) is 16.5 Å². The van der Waals surface area contributed by atoms with Gasteiger partial charge in [-0.1, -0.05) is 31.6 Å². The van der Waals surface area contributed by atoms with Crippen LogP contribution in [-0.2, 0) is 0 Å². The van der Waals surface area contributed by atoms with Gasteiger partial charge in [0.15, 0.2) is 0 Å². The Morgan fingerprint density at radius 1 is 1.38 bits per heavy atom. The average molecular weight is 220 g/mol. The summed E-state index contributed by atoms with van der Waals surface area (Å²) in [5.41, 5.74) is 0.335. The van der Waals surface area contributed by atoms with Crippen molar-refractivity contribution in [2.45, 2.75) is 51.4 Å². The maximum Gasteiger partial charge on any atom is 0.0579 e. The molecule has 3 atom stereocenters. The number of aliphatic hydroxyl groups is 1. The van der Waals surface area contributed by atoms with Gasteiger partial charge in [-0.3, -0.25) is 0 Å². The number of aliphatic hydroxyl groups excluding tert-OH is 1. The molecule has 0 bridgehead atoms. The summed E-state index contributed by atoms with van der Waals surface area (Å²) in [6.07, 6.45) is 3.09. The molecule has 0 aromatic carbocycles. The zero-order chi connectivity index (χ0) is 10.1. The van der Waals surface area contributed by atoms with Crippen molar-refractivity contribution < 1.29 is 5.11 Å². The zero-order valence-corrected chi connectivity index (χ0v) is 10.4. The molecule has 1 aliphatic carbocycles. The van der Waals surface area contributed by atoms with Crippen molar-refractivity contribution in [1.82, 2.24) is 0 Å². The first-order chi connectivity index (χ1) is 5.92. The van der Waals surface area contributed by atoms with E-state index in [1.165, 1.54) is 0 Å². The second-order valence-electron chi connectivity index (χ2n) is 5.29. The fraction of sp³-hybridized carbons (Fsp3) is 1.00. The van der Waals surface area contributed by atoms with E-state index in [0.717, 1.165) is 19.3 Å². The Hall–Kier alpha value is 0.660. The highest BCUT2D eigenvalue weighted by molar-refractivity contribution is 8.68. The minimum absolute atomic E-state index is 0.0936. The molecule has 0 heterocycles. The number of hydrogen-bond acceptors (Lipinski definition) is 3. The molecule has 0 aromatic rings. The van der Waals surface area contributed by atoms with E-state index < -0.39 is 0 Å². The summed E-state index contributed by atoms with van der Waals surface area (Å²) in [5, 5.41) is 10.4. The van der Waals surface area contributed by atoms with Crippen molar-refractivity contribution in [3.05, 3.63) is 0 Å². The second kappa shape index (κ2) is 4.45. The van der Waals surface area contributed by atoms with Gasteiger partial charge in [-0.25, -0.2) is 0 Å². The van der Waals surface area contributed by atoms with E-state index in [1.54, 1.807) is 10.8 Å². The number of hydrogen-bond donors (Lipinski definition) is 2. The normalized spacial score (nSPS) is 35.3. The Morgan fingerprint density at radius 3 is 2.38 bits per heavy atom. The molecular formula is C10H20OS2. The molecule has 0 amide bonds. The lowest BCUT2D eigenvalue weighted by molar-refractivity contribution is 0.106. The van der Waals surface area contributed by atoms with Gasteiger partial charge < -0.3 is 5.11 Å². The van der Waals surface area contributed by atoms with Crippen LogP contribution in [0.25, 0.3) is 0 Å². The van der Waals surface area contributed by atoms with E-state index in [0.29, 0.717) is 16.6 Å². The molecule has 0 unspecified atom stereocenters. The maximum atomic E-state index is 9.81. The maximum absolute atomic E-state index is 9.81. The topological polar surface area (TPSA) is 20.2 Å². The highest BCUT2D eigenvalue weighted by Gasteiger charge is 2.34. The molecule has 0 radical (unpaired) electrons. The molecule has 1 aliphatic rings. The fourth-order valence-corrected chi connectivity index (χ4v) is 3.28. The Bertz CT molecular complexity index is 165. The SMILES string of the molecule is CC(C)(C)C[C@@H]1C[C@H](SS)C[C@H]1O. The third-order valence-electron chi connectivity index (χ3n) is 2.64. The molecule has 1 fully saturated rings. The van der Waals surface area contributed by atoms with Gasteiger partial charge in [-0.2, -0.15) is 0 Å². The first-order valence-corrected chi connectivity index (χ1v) is 6.84. The van der Waals surface area contributed by atoms with E-state index in [4.69, 9.17) is 0 Å². The van der Waals surface area contributed by atoms with Crippen molar-refractivity contribution in [2.24, 2.45) is 11.3 Å². The predicted octanol–water partition coefficient (Wildman–Crippen LogP) is 3.14. The molecular weight excluding hydrogens is 200 g/mol. The molecule has 0 spiro atoms. The summed E-state index contributed by atoms with van der Waals surface area (Å²) in [6.45, 7) is 6.71. The van der Waals surface area contributed by atoms with Crippen LogP contribution in [0.1, 0.15) is 40.0 Å². The molecule has 1 N–H and O–H groups in total. The number of thiol groups is 1. The van der Waals surface area contributed by atoms with Crippen molar-refractivity contribution in [2.75, 3.05) is 0 Å². The smallest absolute Gasteiger partial charge is 0.0579 e. The standard InChI is InChI=1S/C10H20OS2/c1-10(2,3)6-7-4-8(13-12)5-9(7)11/h7-9,11-12H,4-6H2,1-3H3/t7-,8-,9+/m0/s1. The summed E-state index contributed by atoms with van der Waals surface area (Å²) in [5.74, 6) is 0.490. The van der Waals surface area contributed by atoms with Gasteiger partial charge in [0.2, 0.25) is 0 Å². The first-order valence-electron chi connectivity index (χ1n) is 4.90. The lowest BCUT2D eigenvalue weighted by Gasteiger charge is -2.24. The third-order valence-corrected chi connectivity index (χ3v) is 4.22. The first kappa shape index (κ1) is 11.7. The number of rotatable bonds is 2. The molecule has 0 aromatic heterocycles. The Kier molecular flexibility index (Phi) is 4.02. The zero-order valence-electron chi connectivity index (χ0n) is 8.66. The quantitative estimate of drug-likeness (QED) is 0.551. The molecule has 0 aliphatic heterocycles. The van der Waals surface area contributed by atoms with E-state index in [-0.39, 0.29) is 6.10 Å². The van der Waals surface area contributed by atoms with Gasteiger partial charge in [0, 0.05) is 5.25 Å². The van der Waals surface area contributed by atoms with Crippen LogP contribution in [0.15, 0.2) is 0 Å². The van der Waals surface area contributed by atoms with Gasteiger partial charge in [-0.05, 0) is 30.6 Å². The minimum atomic E-state index is -0.0936. The monoisotopic (exact) mass is 220 g/mol. The lowest BCUT2D eigenvalue weighted by Crippen LogP contribution is -2.19. The van der Waals surface area contributed by atoms with Crippen molar-refractivity contribution >= 4 is 22.5 Å². The molecule has 1 rings (SSSR count). The van der Waals surface area contributed by atoms with Crippen LogP contribution in [0.2, 0.25) is 0 Å². The highest BCUT2D eigenvalue weighted by atomic mass is 33.1. The summed E-state index contributed by atoms with van der Waals surface area (Å²) in [4.78, 5) is 0. The van der Waals surface area contributed by atoms with E-state index in [1.807, 2.05) is 0 Å². The van der Waals surface area contributed by atoms with Gasteiger partial charge in [0.25, 0.3) is 0 Å². The molecule has 1 nitrogen and oxygen atoms in total. The summed E-state index contributed by atoms with van der Waals surface area (Å²) in [6, 6.07) is 0. The van der Waals surface area contributed by atoms with Crippen LogP contribution < -0.4 is 0 Å². The van der Waals surface area contributed by atoms with Gasteiger partial charge in [-0.15, -0.1) is 11.7 Å². The average Bonchev–Trinajstić information content (AvgIpc) is 2.29. The van der Waals surface area contributed by atoms with Gasteiger partial charge >= 0.3 is 0 Å². The predicted molar refractivity (Wildman–Crippen MR) is 63.2 cm³/mol. The largest absolute Gasteiger partial charge is 0.393 e. The molecule has 0 saturated heterocycles. The van der Waals surface area contributed by atoms with Crippen LogP contribution in [0.3, 0.4) is 0 Å². The van der Waals surface area contributed by atoms with Crippen LogP contribution in [0.4, 0.5) is 0 Å². The Balaban J connectivity index is 2.44. The van der Waals surface area contributed by atoms with Crippen LogP contribution in [0.5, 0.6) is 0 Å². The second-order valence-corrected chi connectivity index (χ2v) is 6.80. The van der Waals surface area contributed by atoms with Crippen molar-refractivity contribution in [1.29, 1.82) is 0 Å². The fourth-order valence-electron chi connectivity index (χ4n) is 2.14. The summed E-state index contributed by atoms with van der Waals surface area (Å²) < 4.78 is 0.